The van der Waals surface area contributed by atoms with Gasteiger partial charge >= 0.3 is 0 Å². The molecule has 0 bridgehead atoms. The summed E-state index contributed by atoms with van der Waals surface area (Å²) in [5.41, 5.74) is 10.7. The number of thiophene rings is 1. The first kappa shape index (κ1) is 23.2. The van der Waals surface area contributed by atoms with Gasteiger partial charge < -0.3 is 16.4 Å². The Kier molecular flexibility index (Phi) is 6.15. The molecule has 1 aliphatic heterocycles. The summed E-state index contributed by atoms with van der Waals surface area (Å²) in [5, 5.41) is 6.01. The largest absolute Gasteiger partial charge is 0.366 e. The van der Waals surface area contributed by atoms with Gasteiger partial charge in [0.2, 0.25) is 0 Å². The molecule has 1 atom stereocenters. The third-order valence-corrected chi connectivity index (χ3v) is 7.69. The van der Waals surface area contributed by atoms with Crippen LogP contribution in [0.2, 0.25) is 0 Å². The Morgan fingerprint density at radius 1 is 1.17 bits per heavy atom. The highest BCUT2D eigenvalue weighted by Gasteiger charge is 2.31. The SMILES string of the molecule is CC(C)Cc1nc2c(c(-c3ccc(C(=O)NC4CCc5ccccc54)s3)c1C(N)=O)C(=O)NCC2. The second-order valence-electron chi connectivity index (χ2n) is 9.53. The van der Waals surface area contributed by atoms with Crippen molar-refractivity contribution in [2.45, 2.75) is 45.6 Å². The van der Waals surface area contributed by atoms with Gasteiger partial charge in [-0.05, 0) is 48.4 Å². The zero-order chi connectivity index (χ0) is 24.7. The van der Waals surface area contributed by atoms with Crippen molar-refractivity contribution in [3.05, 3.63) is 74.9 Å². The van der Waals surface area contributed by atoms with Gasteiger partial charge in [0.15, 0.2) is 0 Å². The van der Waals surface area contributed by atoms with Gasteiger partial charge in [-0.3, -0.25) is 19.4 Å². The van der Waals surface area contributed by atoms with Crippen molar-refractivity contribution in [1.29, 1.82) is 0 Å². The van der Waals surface area contributed by atoms with Crippen LogP contribution in [0, 0.1) is 5.92 Å². The van der Waals surface area contributed by atoms with Crippen LogP contribution in [0.15, 0.2) is 36.4 Å². The van der Waals surface area contributed by atoms with Crippen LogP contribution in [0.5, 0.6) is 0 Å². The topological polar surface area (TPSA) is 114 Å². The van der Waals surface area contributed by atoms with Crippen LogP contribution in [0.3, 0.4) is 0 Å². The number of fused-ring (bicyclic) bond motifs is 2. The summed E-state index contributed by atoms with van der Waals surface area (Å²) in [6.07, 6.45) is 2.96. The van der Waals surface area contributed by atoms with E-state index in [-0.39, 0.29) is 29.3 Å². The van der Waals surface area contributed by atoms with E-state index in [1.807, 2.05) is 26.0 Å². The van der Waals surface area contributed by atoms with E-state index in [9.17, 15) is 14.4 Å². The first-order valence-electron chi connectivity index (χ1n) is 12.0. The van der Waals surface area contributed by atoms with Crippen molar-refractivity contribution in [2.75, 3.05) is 6.54 Å². The molecular formula is C27H28N4O3S. The Labute approximate surface area is 208 Å². The zero-order valence-electron chi connectivity index (χ0n) is 19.8. The van der Waals surface area contributed by atoms with E-state index in [1.54, 1.807) is 12.1 Å². The maximum Gasteiger partial charge on any atom is 0.261 e. The normalized spacial score (nSPS) is 16.5. The van der Waals surface area contributed by atoms with Crippen molar-refractivity contribution in [1.82, 2.24) is 15.6 Å². The van der Waals surface area contributed by atoms with Crippen LogP contribution in [0.25, 0.3) is 10.4 Å². The molecule has 3 heterocycles. The number of pyridine rings is 1. The minimum Gasteiger partial charge on any atom is -0.366 e. The molecule has 2 aliphatic rings. The van der Waals surface area contributed by atoms with E-state index in [0.29, 0.717) is 51.7 Å². The van der Waals surface area contributed by atoms with Crippen LogP contribution in [0.1, 0.15) is 79.2 Å². The predicted octanol–water partition coefficient (Wildman–Crippen LogP) is 3.81. The number of hydrogen-bond acceptors (Lipinski definition) is 5. The minimum atomic E-state index is -0.619. The van der Waals surface area contributed by atoms with E-state index in [2.05, 4.69) is 22.8 Å². The molecule has 3 aromatic rings. The molecule has 1 unspecified atom stereocenters. The highest BCUT2D eigenvalue weighted by Crippen LogP contribution is 2.38. The van der Waals surface area contributed by atoms with Gasteiger partial charge in [0.05, 0.1) is 33.4 Å². The number of carbonyl (C=O) groups excluding carboxylic acids is 3. The number of aromatic nitrogens is 1. The fourth-order valence-corrected chi connectivity index (χ4v) is 6.04. The Balaban J connectivity index is 1.54. The number of aryl methyl sites for hydroxylation is 1. The van der Waals surface area contributed by atoms with Crippen molar-refractivity contribution in [2.24, 2.45) is 11.7 Å². The highest BCUT2D eigenvalue weighted by atomic mass is 32.1. The number of rotatable bonds is 6. The van der Waals surface area contributed by atoms with Gasteiger partial charge in [0.1, 0.15) is 0 Å². The lowest BCUT2D eigenvalue weighted by molar-refractivity contribution is 0.0934. The Morgan fingerprint density at radius 2 is 1.97 bits per heavy atom. The van der Waals surface area contributed by atoms with Gasteiger partial charge in [-0.2, -0.15) is 0 Å². The fraction of sp³-hybridized carbons (Fsp3) is 0.333. The minimum absolute atomic E-state index is 0.0254. The van der Waals surface area contributed by atoms with Crippen LogP contribution < -0.4 is 16.4 Å². The zero-order valence-corrected chi connectivity index (χ0v) is 20.6. The third-order valence-electron chi connectivity index (χ3n) is 6.58. The first-order valence-corrected chi connectivity index (χ1v) is 12.8. The molecule has 1 aliphatic carbocycles. The molecule has 0 saturated carbocycles. The smallest absolute Gasteiger partial charge is 0.261 e. The molecule has 180 valence electrons. The lowest BCUT2D eigenvalue weighted by Gasteiger charge is -2.23. The average Bonchev–Trinajstić information content (AvgIpc) is 3.46. The number of nitrogens with two attached hydrogens (primary N) is 1. The summed E-state index contributed by atoms with van der Waals surface area (Å²) in [6, 6.07) is 11.7. The molecule has 5 rings (SSSR count). The predicted molar refractivity (Wildman–Crippen MR) is 136 cm³/mol. The standard InChI is InChI=1S/C27H28N4O3S/c1-14(2)13-19-22(25(28)32)24(23-18(30-19)11-12-29-27(23)34)20-9-10-21(35-20)26(33)31-17-8-7-15-5-3-4-6-16(15)17/h3-6,9-10,14,17H,7-8,11-13H2,1-2H3,(H2,28,32)(H,29,34)(H,31,33). The van der Waals surface area contributed by atoms with E-state index >= 15 is 0 Å². The monoisotopic (exact) mass is 488 g/mol. The molecule has 8 heteroatoms. The average molecular weight is 489 g/mol. The molecule has 35 heavy (non-hydrogen) atoms. The summed E-state index contributed by atoms with van der Waals surface area (Å²) in [7, 11) is 0. The van der Waals surface area contributed by atoms with E-state index < -0.39 is 5.91 Å². The number of nitrogens with one attached hydrogen (secondary N) is 2. The molecule has 1 aromatic carbocycles. The number of benzene rings is 1. The van der Waals surface area contributed by atoms with Crippen LogP contribution in [-0.2, 0) is 19.3 Å². The highest BCUT2D eigenvalue weighted by molar-refractivity contribution is 7.17. The number of primary amides is 1. The van der Waals surface area contributed by atoms with Gasteiger partial charge in [-0.1, -0.05) is 38.1 Å². The molecule has 2 aromatic heterocycles. The molecule has 4 N–H and O–H groups in total. The lowest BCUT2D eigenvalue weighted by Crippen LogP contribution is -2.34. The van der Waals surface area contributed by atoms with E-state index in [4.69, 9.17) is 10.7 Å². The second-order valence-corrected chi connectivity index (χ2v) is 10.6. The molecule has 3 amide bonds. The first-order chi connectivity index (χ1) is 16.8. The van der Waals surface area contributed by atoms with Crippen molar-refractivity contribution in [3.8, 4) is 10.4 Å². The molecule has 0 saturated heterocycles. The summed E-state index contributed by atoms with van der Waals surface area (Å²) in [5.74, 6) is -0.804. The number of amides is 3. The molecule has 0 spiro atoms. The molecule has 0 fully saturated rings. The Morgan fingerprint density at radius 3 is 2.74 bits per heavy atom. The van der Waals surface area contributed by atoms with Crippen molar-refractivity contribution < 1.29 is 14.4 Å². The summed E-state index contributed by atoms with van der Waals surface area (Å²) in [6.45, 7) is 4.59. The fourth-order valence-electron chi connectivity index (χ4n) is 5.07. The van der Waals surface area contributed by atoms with E-state index in [0.717, 1.165) is 18.4 Å². The second kappa shape index (κ2) is 9.26. The van der Waals surface area contributed by atoms with Crippen molar-refractivity contribution >= 4 is 29.1 Å². The van der Waals surface area contributed by atoms with E-state index in [1.165, 1.54) is 16.9 Å². The maximum atomic E-state index is 13.2. The maximum absolute atomic E-state index is 13.2. The third kappa shape index (κ3) is 4.34. The molecule has 7 nitrogen and oxygen atoms in total. The number of hydrogen-bond donors (Lipinski definition) is 3. The molecular weight excluding hydrogens is 460 g/mol. The number of carbonyl (C=O) groups is 3. The summed E-state index contributed by atoms with van der Waals surface area (Å²) >= 11 is 1.27. The Hall–Kier alpha value is -3.52. The summed E-state index contributed by atoms with van der Waals surface area (Å²) in [4.78, 5) is 44.6. The van der Waals surface area contributed by atoms with Gasteiger partial charge in [0.25, 0.3) is 17.7 Å². The van der Waals surface area contributed by atoms with Gasteiger partial charge in [-0.25, -0.2) is 0 Å². The van der Waals surface area contributed by atoms with Gasteiger partial charge in [-0.15, -0.1) is 11.3 Å². The number of nitrogens with zero attached hydrogens (tertiary/aromatic N) is 1. The quantitative estimate of drug-likeness (QED) is 0.489. The van der Waals surface area contributed by atoms with Crippen LogP contribution >= 0.6 is 11.3 Å². The van der Waals surface area contributed by atoms with Crippen LogP contribution in [-0.4, -0.2) is 29.3 Å². The van der Waals surface area contributed by atoms with Crippen molar-refractivity contribution in [3.63, 3.8) is 0 Å². The molecule has 0 radical (unpaired) electrons. The Bertz CT molecular complexity index is 1340. The van der Waals surface area contributed by atoms with Gasteiger partial charge in [0, 0.05) is 23.4 Å². The summed E-state index contributed by atoms with van der Waals surface area (Å²) < 4.78 is 0. The lowest BCUT2D eigenvalue weighted by atomic mass is 9.90. The van der Waals surface area contributed by atoms with Crippen LogP contribution in [0.4, 0.5) is 0 Å².